The van der Waals surface area contributed by atoms with Crippen LogP contribution in [0.5, 0.6) is 11.5 Å². The van der Waals surface area contributed by atoms with Crippen LogP contribution in [0.3, 0.4) is 0 Å². The Hall–Kier alpha value is -7.89. The van der Waals surface area contributed by atoms with Gasteiger partial charge < -0.3 is 14.5 Å². The summed E-state index contributed by atoms with van der Waals surface area (Å²) in [7, 11) is 0. The first kappa shape index (κ1) is 38.4. The number of benzene rings is 8. The monoisotopic (exact) mass is 864 g/mol. The molecule has 10 aromatic rings. The summed E-state index contributed by atoms with van der Waals surface area (Å²) in [6, 6.07) is 72.0. The van der Waals surface area contributed by atoms with Gasteiger partial charge in [-0.05, 0) is 122 Å². The molecule has 0 spiro atoms. The van der Waals surface area contributed by atoms with Crippen molar-refractivity contribution in [1.82, 2.24) is 9.55 Å². The molecule has 0 saturated heterocycles. The summed E-state index contributed by atoms with van der Waals surface area (Å²) in [5, 5.41) is 2.36. The number of aromatic nitrogens is 2. The van der Waals surface area contributed by atoms with Gasteiger partial charge in [-0.2, -0.15) is 0 Å². The maximum absolute atomic E-state index is 6.79. The Labute approximate surface area is 391 Å². The maximum Gasteiger partial charge on any atom is 0.137 e. The first-order valence-corrected chi connectivity index (χ1v) is 23.7. The number of hydrogen-bond acceptors (Lipinski definition) is 4. The second-order valence-corrected chi connectivity index (χ2v) is 19.9. The Morgan fingerprint density at radius 1 is 0.433 bits per heavy atom. The lowest BCUT2D eigenvalue weighted by Gasteiger charge is -2.50. The van der Waals surface area contributed by atoms with Crippen molar-refractivity contribution in [2.24, 2.45) is 0 Å². The third-order valence-corrected chi connectivity index (χ3v) is 15.3. The first-order chi connectivity index (χ1) is 32.9. The summed E-state index contributed by atoms with van der Waals surface area (Å²) >= 11 is 0. The van der Waals surface area contributed by atoms with Gasteiger partial charge in [0.05, 0.1) is 22.4 Å². The van der Waals surface area contributed by atoms with Crippen molar-refractivity contribution in [2.45, 2.75) is 49.9 Å². The summed E-state index contributed by atoms with van der Waals surface area (Å²) in [5.41, 5.74) is 19.9. The molecule has 2 unspecified atom stereocenters. The first-order valence-electron chi connectivity index (χ1n) is 23.7. The van der Waals surface area contributed by atoms with Gasteiger partial charge in [-0.25, -0.2) is 4.98 Å². The summed E-state index contributed by atoms with van der Waals surface area (Å²) < 4.78 is 9.07. The van der Waals surface area contributed by atoms with Crippen LogP contribution in [0.15, 0.2) is 200 Å². The molecule has 7 aliphatic rings. The molecule has 4 bridgehead atoms. The predicted molar refractivity (Wildman–Crippen MR) is 273 cm³/mol. The molecule has 67 heavy (non-hydrogen) atoms. The molecule has 0 N–H and O–H groups in total. The van der Waals surface area contributed by atoms with Gasteiger partial charge in [0, 0.05) is 64.1 Å². The van der Waals surface area contributed by atoms with Crippen molar-refractivity contribution in [1.29, 1.82) is 0 Å². The average molecular weight is 865 g/mol. The molecule has 322 valence electrons. The van der Waals surface area contributed by atoms with Gasteiger partial charge in [0.1, 0.15) is 24.0 Å². The van der Waals surface area contributed by atoms with Crippen LogP contribution in [0.2, 0.25) is 0 Å². The molecular weight excluding hydrogens is 817 g/mol. The van der Waals surface area contributed by atoms with E-state index in [-0.39, 0.29) is 29.1 Å². The number of hydrogen-bond donors (Lipinski definition) is 0. The Balaban J connectivity index is 0.826. The molecule has 2 aromatic heterocycles. The van der Waals surface area contributed by atoms with Gasteiger partial charge in [0.25, 0.3) is 0 Å². The van der Waals surface area contributed by atoms with E-state index in [2.05, 4.69) is 229 Å². The summed E-state index contributed by atoms with van der Waals surface area (Å²) in [6.07, 6.45) is 1.93. The number of rotatable bonds is 5. The van der Waals surface area contributed by atoms with Crippen molar-refractivity contribution < 1.29 is 4.74 Å². The van der Waals surface area contributed by atoms with Gasteiger partial charge in [0.15, 0.2) is 0 Å². The Kier molecular flexibility index (Phi) is 8.19. The van der Waals surface area contributed by atoms with Gasteiger partial charge in [-0.15, -0.1) is 0 Å². The van der Waals surface area contributed by atoms with E-state index in [9.17, 15) is 0 Å². The normalized spacial score (nSPS) is 18.6. The highest BCUT2D eigenvalue weighted by Gasteiger charge is 2.49. The van der Waals surface area contributed by atoms with Gasteiger partial charge >= 0.3 is 0 Å². The number of ether oxygens (including phenoxy) is 1. The zero-order valence-corrected chi connectivity index (χ0v) is 37.8. The third kappa shape index (κ3) is 5.70. The molecule has 8 aromatic carbocycles. The number of fused-ring (bicyclic) bond motifs is 4. The summed E-state index contributed by atoms with van der Waals surface area (Å²) in [4.78, 5) is 9.81. The smallest absolute Gasteiger partial charge is 0.137 e. The topological polar surface area (TPSA) is 33.5 Å². The van der Waals surface area contributed by atoms with Crippen LogP contribution in [0.25, 0.3) is 27.6 Å². The lowest BCUT2D eigenvalue weighted by atomic mass is 9.53. The minimum Gasteiger partial charge on any atom is -0.457 e. The van der Waals surface area contributed by atoms with Crippen LogP contribution in [0.4, 0.5) is 22.7 Å². The molecule has 17 rings (SSSR count). The molecule has 0 radical (unpaired) electrons. The average Bonchev–Trinajstić information content (AvgIpc) is 3.90. The number of nitrogens with zero attached hydrogens (tertiary/aromatic N) is 4. The van der Waals surface area contributed by atoms with Gasteiger partial charge in [0.2, 0.25) is 0 Å². The number of pyridine rings is 1. The highest BCUT2D eigenvalue weighted by Crippen LogP contribution is 2.64. The standard InChI is InChI=1S/C62H48N4O/c1-62(2,3)38-31-32-63-57(33-38)66-53-24-11-10-17-43(53)44-30-28-42(36-56(44)66)67-41-16-14-15-39(34-41)64-37-65(55-26-13-12-25-54(55)64)40-27-29-51-52(35-40)61-50-23-9-8-22-49(50)60(51)58-45-18-4-6-20-47(45)59(61)48-21-7-5-19-46(48)58/h4-36,58-61H,37H2,1-3H3. The molecular formula is C62H48N4O. The van der Waals surface area contributed by atoms with Crippen LogP contribution >= 0.6 is 0 Å². The molecule has 3 heterocycles. The van der Waals surface area contributed by atoms with E-state index in [0.29, 0.717) is 6.67 Å². The van der Waals surface area contributed by atoms with E-state index in [1.54, 1.807) is 0 Å². The molecule has 5 nitrogen and oxygen atoms in total. The quantitative estimate of drug-likeness (QED) is 0.173. The predicted octanol–water partition coefficient (Wildman–Crippen LogP) is 15.4. The molecule has 0 amide bonds. The van der Waals surface area contributed by atoms with Crippen molar-refractivity contribution in [3.05, 3.63) is 250 Å². The summed E-state index contributed by atoms with van der Waals surface area (Å²) in [5.74, 6) is 3.37. The van der Waals surface area contributed by atoms with Crippen LogP contribution in [0, 0.1) is 0 Å². The Morgan fingerprint density at radius 2 is 0.955 bits per heavy atom. The zero-order valence-electron chi connectivity index (χ0n) is 37.8. The minimum absolute atomic E-state index is 0.00449. The van der Waals surface area contributed by atoms with Crippen molar-refractivity contribution in [3.63, 3.8) is 0 Å². The largest absolute Gasteiger partial charge is 0.457 e. The Morgan fingerprint density at radius 3 is 1.58 bits per heavy atom. The molecule has 0 saturated carbocycles. The van der Waals surface area contributed by atoms with E-state index in [1.165, 1.54) is 77.9 Å². The zero-order chi connectivity index (χ0) is 44.5. The van der Waals surface area contributed by atoms with Gasteiger partial charge in [-0.1, -0.05) is 136 Å². The molecule has 0 fully saturated rings. The number of para-hydroxylation sites is 3. The van der Waals surface area contributed by atoms with E-state index in [1.807, 2.05) is 6.20 Å². The lowest BCUT2D eigenvalue weighted by molar-refractivity contribution is 0.483. The fourth-order valence-corrected chi connectivity index (χ4v) is 12.4. The lowest BCUT2D eigenvalue weighted by Crippen LogP contribution is -2.36. The van der Waals surface area contributed by atoms with Crippen molar-refractivity contribution >= 4 is 44.6 Å². The van der Waals surface area contributed by atoms with E-state index < -0.39 is 0 Å². The molecule has 2 atom stereocenters. The molecule has 6 aliphatic carbocycles. The molecule has 5 heteroatoms. The summed E-state index contributed by atoms with van der Waals surface area (Å²) in [6.45, 7) is 7.42. The highest BCUT2D eigenvalue weighted by atomic mass is 16.5. The van der Waals surface area contributed by atoms with Crippen LogP contribution in [-0.4, -0.2) is 16.2 Å². The van der Waals surface area contributed by atoms with Crippen molar-refractivity contribution in [3.8, 4) is 17.3 Å². The van der Waals surface area contributed by atoms with E-state index in [0.717, 1.165) is 34.0 Å². The SMILES string of the molecule is CC(C)(C)c1ccnc(-n2c3ccccc3c3ccc(Oc4cccc(N5CN(c6ccc7c(c6)C6c8ccccc8C7C7c8ccccc8C6c6ccccc67)c6ccccc65)c4)cc32)c1. The van der Waals surface area contributed by atoms with Crippen LogP contribution < -0.4 is 14.5 Å². The Bertz CT molecular complexity index is 3600. The van der Waals surface area contributed by atoms with E-state index >= 15 is 0 Å². The maximum atomic E-state index is 6.79. The highest BCUT2D eigenvalue weighted by molar-refractivity contribution is 6.09. The minimum atomic E-state index is -0.00449. The van der Waals surface area contributed by atoms with Crippen LogP contribution in [0.1, 0.15) is 94.5 Å². The second-order valence-electron chi connectivity index (χ2n) is 19.9. The number of anilines is 4. The van der Waals surface area contributed by atoms with Crippen molar-refractivity contribution in [2.75, 3.05) is 16.5 Å². The van der Waals surface area contributed by atoms with E-state index in [4.69, 9.17) is 9.72 Å². The fourth-order valence-electron chi connectivity index (χ4n) is 12.4. The van der Waals surface area contributed by atoms with Crippen LogP contribution in [-0.2, 0) is 5.41 Å². The fraction of sp³-hybridized carbons (Fsp3) is 0.145. The van der Waals surface area contributed by atoms with Gasteiger partial charge in [-0.3, -0.25) is 4.57 Å². The third-order valence-electron chi connectivity index (χ3n) is 15.3. The second kappa shape index (κ2) is 14.3. The molecule has 1 aliphatic heterocycles.